The van der Waals surface area contributed by atoms with Crippen molar-refractivity contribution in [2.75, 3.05) is 11.9 Å². The van der Waals surface area contributed by atoms with E-state index >= 15 is 0 Å². The lowest BCUT2D eigenvalue weighted by molar-refractivity contribution is 0.796. The number of hydrogen-bond donors (Lipinski definition) is 1. The number of halogens is 1. The maximum atomic E-state index is 4.41. The molecule has 0 saturated carbocycles. The molecule has 0 aliphatic heterocycles. The molecule has 2 heterocycles. The summed E-state index contributed by atoms with van der Waals surface area (Å²) in [6, 6.07) is 2.02. The molecule has 5 nitrogen and oxygen atoms in total. The summed E-state index contributed by atoms with van der Waals surface area (Å²) in [6.45, 7) is 6.80. The van der Waals surface area contributed by atoms with E-state index in [0.717, 1.165) is 34.0 Å². The highest BCUT2D eigenvalue weighted by molar-refractivity contribution is 9.10. The number of anilines is 1. The largest absolute Gasteiger partial charge is 0.369 e. The van der Waals surface area contributed by atoms with E-state index in [-0.39, 0.29) is 0 Å². The highest BCUT2D eigenvalue weighted by atomic mass is 79.9. The Morgan fingerprint density at radius 3 is 2.71 bits per heavy atom. The van der Waals surface area contributed by atoms with Gasteiger partial charge < -0.3 is 5.32 Å². The van der Waals surface area contributed by atoms with Crippen LogP contribution in [0.3, 0.4) is 0 Å². The van der Waals surface area contributed by atoms with Gasteiger partial charge in [0.15, 0.2) is 5.82 Å². The SMILES string of the molecule is CCNc1ncnc(-n2nc(C)cc2C)c1Br. The summed E-state index contributed by atoms with van der Waals surface area (Å²) in [7, 11) is 0. The first kappa shape index (κ1) is 12.0. The third kappa shape index (κ3) is 2.31. The Morgan fingerprint density at radius 2 is 2.12 bits per heavy atom. The average Bonchev–Trinajstić information content (AvgIpc) is 2.61. The second-order valence-corrected chi connectivity index (χ2v) is 4.52. The molecule has 0 atom stereocenters. The van der Waals surface area contributed by atoms with Crippen LogP contribution in [0.5, 0.6) is 0 Å². The average molecular weight is 296 g/mol. The lowest BCUT2D eigenvalue weighted by Gasteiger charge is -2.09. The minimum Gasteiger partial charge on any atom is -0.369 e. The van der Waals surface area contributed by atoms with Gasteiger partial charge in [-0.1, -0.05) is 0 Å². The van der Waals surface area contributed by atoms with Crippen LogP contribution in [-0.4, -0.2) is 26.3 Å². The van der Waals surface area contributed by atoms with Crippen LogP contribution >= 0.6 is 15.9 Å². The first-order valence-corrected chi connectivity index (χ1v) is 6.20. The van der Waals surface area contributed by atoms with Gasteiger partial charge in [-0.2, -0.15) is 5.10 Å². The zero-order valence-corrected chi connectivity index (χ0v) is 11.6. The number of aryl methyl sites for hydroxylation is 2. The van der Waals surface area contributed by atoms with Crippen LogP contribution < -0.4 is 5.32 Å². The zero-order valence-electron chi connectivity index (χ0n) is 10.0. The van der Waals surface area contributed by atoms with Gasteiger partial charge in [0.1, 0.15) is 16.6 Å². The van der Waals surface area contributed by atoms with Crippen molar-refractivity contribution in [3.63, 3.8) is 0 Å². The van der Waals surface area contributed by atoms with Gasteiger partial charge in [0.25, 0.3) is 0 Å². The van der Waals surface area contributed by atoms with E-state index in [4.69, 9.17) is 0 Å². The second-order valence-electron chi connectivity index (χ2n) is 3.73. The quantitative estimate of drug-likeness (QED) is 0.945. The molecule has 0 aliphatic rings. The fraction of sp³-hybridized carbons (Fsp3) is 0.364. The normalized spacial score (nSPS) is 10.6. The number of nitrogens with zero attached hydrogens (tertiary/aromatic N) is 4. The monoisotopic (exact) mass is 295 g/mol. The van der Waals surface area contributed by atoms with Crippen molar-refractivity contribution in [1.82, 2.24) is 19.7 Å². The summed E-state index contributed by atoms with van der Waals surface area (Å²) < 4.78 is 2.63. The van der Waals surface area contributed by atoms with Crippen LogP contribution in [-0.2, 0) is 0 Å². The molecular formula is C11H14BrN5. The fourth-order valence-corrected chi connectivity index (χ4v) is 2.16. The van der Waals surface area contributed by atoms with E-state index in [9.17, 15) is 0 Å². The molecule has 1 N–H and O–H groups in total. The van der Waals surface area contributed by atoms with Crippen molar-refractivity contribution in [2.24, 2.45) is 0 Å². The molecule has 0 unspecified atom stereocenters. The molecule has 0 fully saturated rings. The van der Waals surface area contributed by atoms with Crippen LogP contribution in [0.2, 0.25) is 0 Å². The first-order chi connectivity index (χ1) is 8.13. The Morgan fingerprint density at radius 1 is 1.35 bits per heavy atom. The third-order valence-electron chi connectivity index (χ3n) is 2.33. The molecule has 0 saturated heterocycles. The van der Waals surface area contributed by atoms with Crippen molar-refractivity contribution < 1.29 is 0 Å². The van der Waals surface area contributed by atoms with E-state index in [0.29, 0.717) is 0 Å². The molecule has 0 aromatic carbocycles. The molecule has 90 valence electrons. The Balaban J connectivity index is 2.52. The highest BCUT2D eigenvalue weighted by Crippen LogP contribution is 2.25. The van der Waals surface area contributed by atoms with Gasteiger partial charge in [-0.3, -0.25) is 0 Å². The lowest BCUT2D eigenvalue weighted by Crippen LogP contribution is -2.07. The summed E-state index contributed by atoms with van der Waals surface area (Å²) >= 11 is 3.51. The number of aromatic nitrogens is 4. The van der Waals surface area contributed by atoms with E-state index in [1.807, 2.05) is 31.5 Å². The summed E-state index contributed by atoms with van der Waals surface area (Å²) in [4.78, 5) is 8.45. The molecule has 0 amide bonds. The van der Waals surface area contributed by atoms with E-state index in [1.54, 1.807) is 0 Å². The predicted molar refractivity (Wildman–Crippen MR) is 70.5 cm³/mol. The number of nitrogens with one attached hydrogen (secondary N) is 1. The van der Waals surface area contributed by atoms with Crippen molar-refractivity contribution in [1.29, 1.82) is 0 Å². The lowest BCUT2D eigenvalue weighted by atomic mass is 10.4. The molecule has 0 bridgehead atoms. The molecular weight excluding hydrogens is 282 g/mol. The molecule has 2 rings (SSSR count). The van der Waals surface area contributed by atoms with E-state index in [1.165, 1.54) is 6.33 Å². The Kier molecular flexibility index (Phi) is 3.42. The van der Waals surface area contributed by atoms with Crippen LogP contribution in [0.4, 0.5) is 5.82 Å². The Hall–Kier alpha value is -1.43. The molecule has 0 aliphatic carbocycles. The summed E-state index contributed by atoms with van der Waals surface area (Å²) in [6.07, 6.45) is 1.54. The van der Waals surface area contributed by atoms with Crippen molar-refractivity contribution >= 4 is 21.7 Å². The fourth-order valence-electron chi connectivity index (χ4n) is 1.64. The maximum Gasteiger partial charge on any atom is 0.173 e. The van der Waals surface area contributed by atoms with Crippen LogP contribution in [0.1, 0.15) is 18.3 Å². The molecule has 2 aromatic rings. The van der Waals surface area contributed by atoms with Gasteiger partial charge in [-0.15, -0.1) is 0 Å². The van der Waals surface area contributed by atoms with Gasteiger partial charge in [0, 0.05) is 12.2 Å². The maximum absolute atomic E-state index is 4.41. The second kappa shape index (κ2) is 4.83. The molecule has 6 heteroatoms. The third-order valence-corrected chi connectivity index (χ3v) is 3.06. The first-order valence-electron chi connectivity index (χ1n) is 5.41. The van der Waals surface area contributed by atoms with Crippen LogP contribution in [0.15, 0.2) is 16.9 Å². The van der Waals surface area contributed by atoms with Gasteiger partial charge in [-0.25, -0.2) is 14.6 Å². The smallest absolute Gasteiger partial charge is 0.173 e. The number of rotatable bonds is 3. The molecule has 0 radical (unpaired) electrons. The minimum absolute atomic E-state index is 0.751. The summed E-state index contributed by atoms with van der Waals surface area (Å²) in [5, 5.41) is 7.58. The van der Waals surface area contributed by atoms with Crippen molar-refractivity contribution in [3.05, 3.63) is 28.3 Å². The van der Waals surface area contributed by atoms with Crippen molar-refractivity contribution in [2.45, 2.75) is 20.8 Å². The highest BCUT2D eigenvalue weighted by Gasteiger charge is 2.12. The van der Waals surface area contributed by atoms with Crippen LogP contribution in [0, 0.1) is 13.8 Å². The molecule has 0 spiro atoms. The van der Waals surface area contributed by atoms with Gasteiger partial charge in [0.2, 0.25) is 0 Å². The number of hydrogen-bond acceptors (Lipinski definition) is 4. The van der Waals surface area contributed by atoms with Crippen molar-refractivity contribution in [3.8, 4) is 5.82 Å². The summed E-state index contributed by atoms with van der Waals surface area (Å²) in [5.41, 5.74) is 2.02. The van der Waals surface area contributed by atoms with Crippen LogP contribution in [0.25, 0.3) is 5.82 Å². The summed E-state index contributed by atoms with van der Waals surface area (Å²) in [5.74, 6) is 1.53. The zero-order chi connectivity index (χ0) is 12.4. The Labute approximate surface area is 108 Å². The standard InChI is InChI=1S/C11H14BrN5/c1-4-13-10-9(12)11(15-6-14-10)17-8(3)5-7(2)16-17/h5-6H,4H2,1-3H3,(H,13,14,15). The van der Waals surface area contributed by atoms with Gasteiger partial charge >= 0.3 is 0 Å². The van der Waals surface area contributed by atoms with Gasteiger partial charge in [-0.05, 0) is 42.8 Å². The van der Waals surface area contributed by atoms with E-state index < -0.39 is 0 Å². The van der Waals surface area contributed by atoms with Gasteiger partial charge in [0.05, 0.1) is 5.69 Å². The molecule has 2 aromatic heterocycles. The molecule has 17 heavy (non-hydrogen) atoms. The van der Waals surface area contributed by atoms with E-state index in [2.05, 4.69) is 36.3 Å². The topological polar surface area (TPSA) is 55.6 Å². The minimum atomic E-state index is 0.751. The predicted octanol–water partition coefficient (Wildman–Crippen LogP) is 2.47. The Bertz CT molecular complexity index is 535.